The van der Waals surface area contributed by atoms with Gasteiger partial charge in [-0.05, 0) is 5.10 Å². The topological polar surface area (TPSA) is 101 Å². The quantitative estimate of drug-likeness (QED) is 0.547. The van der Waals surface area contributed by atoms with Crippen LogP contribution in [-0.2, 0) is 21.4 Å². The Morgan fingerprint density at radius 3 is 2.36 bits per heavy atom. The number of rotatable bonds is 7. The summed E-state index contributed by atoms with van der Waals surface area (Å²) in [6.07, 6.45) is 3.29. The van der Waals surface area contributed by atoms with Gasteiger partial charge in [0.2, 0.25) is 0 Å². The maximum atomic E-state index is 11.6. The standard InChI is InChI=1S/C10H15N3O4S.C4H8F2O/c1-12(2)10(14)9-4-6-13(11-8-9)5-3-7-18(15,16)17;1-4(5,6)3-7-2/h4,6,8H,3,5,7H2,1-2H3;3H2,1-2H3/p+1. The zero-order valence-corrected chi connectivity index (χ0v) is 15.5. The molecular formula is C14H24F2N3O5S+. The molecule has 0 unspecified atom stereocenters. The second-order valence-electron chi connectivity index (χ2n) is 5.52. The van der Waals surface area contributed by atoms with Crippen LogP contribution in [0.3, 0.4) is 0 Å². The molecule has 0 aliphatic rings. The van der Waals surface area contributed by atoms with Crippen LogP contribution in [0.15, 0.2) is 18.5 Å². The van der Waals surface area contributed by atoms with Crippen LogP contribution < -0.4 is 4.68 Å². The molecule has 1 heterocycles. The van der Waals surface area contributed by atoms with Gasteiger partial charge in [0.25, 0.3) is 21.9 Å². The second-order valence-corrected chi connectivity index (χ2v) is 7.09. The first kappa shape index (κ1) is 23.3. The van der Waals surface area contributed by atoms with E-state index in [4.69, 9.17) is 4.55 Å². The van der Waals surface area contributed by atoms with Crippen molar-refractivity contribution in [2.24, 2.45) is 0 Å². The highest BCUT2D eigenvalue weighted by Gasteiger charge is 2.19. The van der Waals surface area contributed by atoms with Crippen molar-refractivity contribution in [2.75, 3.05) is 33.6 Å². The normalized spacial score (nSPS) is 11.5. The third-order valence-electron chi connectivity index (χ3n) is 2.61. The SMILES string of the molecule is CN(C)C(=O)c1cc[n+](CCCS(=O)(=O)O)nc1.COCC(C)(F)F. The lowest BCUT2D eigenvalue weighted by molar-refractivity contribution is -0.753. The van der Waals surface area contributed by atoms with Gasteiger partial charge in [-0.1, -0.05) is 4.68 Å². The summed E-state index contributed by atoms with van der Waals surface area (Å²) in [6, 6.07) is 1.61. The zero-order chi connectivity index (χ0) is 19.7. The number of aryl methyl sites for hydroxylation is 1. The Morgan fingerprint density at radius 2 is 2.04 bits per heavy atom. The lowest BCUT2D eigenvalue weighted by Gasteiger charge is -2.08. The van der Waals surface area contributed by atoms with E-state index in [9.17, 15) is 22.0 Å². The minimum absolute atomic E-state index is 0.146. The molecule has 1 amide bonds. The van der Waals surface area contributed by atoms with Gasteiger partial charge in [-0.25, -0.2) is 8.78 Å². The Kier molecular flexibility index (Phi) is 9.60. The summed E-state index contributed by atoms with van der Waals surface area (Å²) in [5, 5.41) is 3.99. The monoisotopic (exact) mass is 384 g/mol. The molecule has 0 spiro atoms. The third kappa shape index (κ3) is 12.3. The van der Waals surface area contributed by atoms with Crippen molar-refractivity contribution in [2.45, 2.75) is 25.8 Å². The molecule has 0 aliphatic carbocycles. The first-order chi connectivity index (χ1) is 11.4. The van der Waals surface area contributed by atoms with Gasteiger partial charge in [0.15, 0.2) is 12.7 Å². The van der Waals surface area contributed by atoms with E-state index in [1.807, 2.05) is 0 Å². The van der Waals surface area contributed by atoms with Crippen molar-refractivity contribution in [3.8, 4) is 0 Å². The highest BCUT2D eigenvalue weighted by Crippen LogP contribution is 2.09. The summed E-state index contributed by atoms with van der Waals surface area (Å²) in [5.41, 5.74) is 0.464. The molecule has 1 rings (SSSR count). The number of hydrogen-bond acceptors (Lipinski definition) is 5. The molecule has 1 aromatic heterocycles. The number of nitrogens with zero attached hydrogens (tertiary/aromatic N) is 3. The van der Waals surface area contributed by atoms with Crippen molar-refractivity contribution >= 4 is 16.0 Å². The fourth-order valence-corrected chi connectivity index (χ4v) is 2.06. The predicted octanol–water partition coefficient (Wildman–Crippen LogP) is 0.637. The Hall–Kier alpha value is -1.72. The van der Waals surface area contributed by atoms with Crippen LogP contribution in [0.4, 0.5) is 8.78 Å². The minimum atomic E-state index is -3.93. The molecule has 0 atom stereocenters. The molecule has 0 saturated heterocycles. The van der Waals surface area contributed by atoms with E-state index in [0.29, 0.717) is 12.1 Å². The fourth-order valence-electron chi connectivity index (χ4n) is 1.56. The van der Waals surface area contributed by atoms with E-state index in [2.05, 4.69) is 9.84 Å². The first-order valence-corrected chi connectivity index (χ1v) is 8.86. The Labute approximate surface area is 146 Å². The first-order valence-electron chi connectivity index (χ1n) is 7.25. The molecule has 0 aliphatic heterocycles. The van der Waals surface area contributed by atoms with Crippen LogP contribution in [0.1, 0.15) is 23.7 Å². The average molecular weight is 384 g/mol. The molecule has 11 heteroatoms. The summed E-state index contributed by atoms with van der Waals surface area (Å²) < 4.78 is 58.5. The maximum Gasteiger partial charge on any atom is 0.268 e. The molecule has 0 aromatic carbocycles. The van der Waals surface area contributed by atoms with Gasteiger partial charge in [-0.2, -0.15) is 8.42 Å². The number of ether oxygens (including phenoxy) is 1. The summed E-state index contributed by atoms with van der Waals surface area (Å²) in [5.74, 6) is -3.12. The number of carbonyl (C=O) groups is 1. The highest BCUT2D eigenvalue weighted by molar-refractivity contribution is 7.85. The van der Waals surface area contributed by atoms with E-state index < -0.39 is 22.6 Å². The molecule has 0 saturated carbocycles. The molecule has 8 nitrogen and oxygen atoms in total. The summed E-state index contributed by atoms with van der Waals surface area (Å²) in [4.78, 5) is 13.0. The predicted molar refractivity (Wildman–Crippen MR) is 86.0 cm³/mol. The van der Waals surface area contributed by atoms with Crippen LogP contribution >= 0.6 is 0 Å². The molecule has 1 N–H and O–H groups in total. The van der Waals surface area contributed by atoms with Crippen LogP contribution in [-0.4, -0.2) is 68.4 Å². The van der Waals surface area contributed by atoms with E-state index >= 15 is 0 Å². The zero-order valence-electron chi connectivity index (χ0n) is 14.6. The maximum absolute atomic E-state index is 11.6. The summed E-state index contributed by atoms with van der Waals surface area (Å²) in [6.45, 7) is 0.680. The summed E-state index contributed by atoms with van der Waals surface area (Å²) >= 11 is 0. The van der Waals surface area contributed by atoms with Gasteiger partial charge < -0.3 is 9.64 Å². The Morgan fingerprint density at radius 1 is 1.44 bits per heavy atom. The van der Waals surface area contributed by atoms with Crippen LogP contribution in [0.5, 0.6) is 0 Å². The number of alkyl halides is 2. The van der Waals surface area contributed by atoms with E-state index in [-0.39, 0.29) is 18.1 Å². The molecule has 144 valence electrons. The molecule has 0 radical (unpaired) electrons. The third-order valence-corrected chi connectivity index (χ3v) is 3.42. The van der Waals surface area contributed by atoms with E-state index in [0.717, 1.165) is 6.92 Å². The van der Waals surface area contributed by atoms with Gasteiger partial charge in [0.05, 0.1) is 11.3 Å². The fraction of sp³-hybridized carbons (Fsp3) is 0.643. The van der Waals surface area contributed by atoms with E-state index in [1.165, 1.54) is 22.9 Å². The van der Waals surface area contributed by atoms with Crippen molar-refractivity contribution in [1.29, 1.82) is 0 Å². The van der Waals surface area contributed by atoms with Crippen molar-refractivity contribution < 1.29 is 36.0 Å². The molecule has 1 aromatic rings. The second kappa shape index (κ2) is 10.3. The number of amides is 1. The lowest BCUT2D eigenvalue weighted by atomic mass is 10.3. The molecular weight excluding hydrogens is 360 g/mol. The van der Waals surface area contributed by atoms with Crippen LogP contribution in [0, 0.1) is 0 Å². The molecule has 25 heavy (non-hydrogen) atoms. The largest absolute Gasteiger partial charge is 0.378 e. The van der Waals surface area contributed by atoms with Gasteiger partial charge in [-0.15, -0.1) is 0 Å². The van der Waals surface area contributed by atoms with Crippen molar-refractivity contribution in [3.05, 3.63) is 24.0 Å². The van der Waals surface area contributed by atoms with Crippen molar-refractivity contribution in [3.63, 3.8) is 0 Å². The number of carbonyl (C=O) groups excluding carboxylic acids is 1. The summed E-state index contributed by atoms with van der Waals surface area (Å²) in [7, 11) is 0.615. The number of methoxy groups -OCH3 is 1. The van der Waals surface area contributed by atoms with Gasteiger partial charge in [0.1, 0.15) is 12.8 Å². The van der Waals surface area contributed by atoms with Gasteiger partial charge >= 0.3 is 0 Å². The van der Waals surface area contributed by atoms with Gasteiger partial charge in [0, 0.05) is 40.6 Å². The molecule has 0 fully saturated rings. The number of aromatic nitrogens is 2. The number of halogens is 2. The molecule has 0 bridgehead atoms. The van der Waals surface area contributed by atoms with Crippen LogP contribution in [0.25, 0.3) is 0 Å². The Bertz CT molecular complexity index is 631. The average Bonchev–Trinajstić information content (AvgIpc) is 2.45. The van der Waals surface area contributed by atoms with E-state index in [1.54, 1.807) is 26.4 Å². The van der Waals surface area contributed by atoms with Crippen LogP contribution in [0.2, 0.25) is 0 Å². The smallest absolute Gasteiger partial charge is 0.268 e. The van der Waals surface area contributed by atoms with Crippen molar-refractivity contribution in [1.82, 2.24) is 10.00 Å². The highest BCUT2D eigenvalue weighted by atomic mass is 32.2. The lowest BCUT2D eigenvalue weighted by Crippen LogP contribution is -2.38. The van der Waals surface area contributed by atoms with Gasteiger partial charge in [-0.3, -0.25) is 9.35 Å². The Balaban J connectivity index is 0.000000697. The minimum Gasteiger partial charge on any atom is -0.378 e. The number of hydrogen-bond donors (Lipinski definition) is 1.